The summed E-state index contributed by atoms with van der Waals surface area (Å²) >= 11 is 1.36. The third kappa shape index (κ3) is 5.97. The number of nitrogens with zero attached hydrogens (tertiary/aromatic N) is 7. The first kappa shape index (κ1) is 23.8. The molecule has 0 saturated carbocycles. The van der Waals surface area contributed by atoms with Crippen molar-refractivity contribution in [1.29, 1.82) is 0 Å². The quantitative estimate of drug-likeness (QED) is 0.368. The average Bonchev–Trinajstić information content (AvgIpc) is 2.88. The van der Waals surface area contributed by atoms with Gasteiger partial charge >= 0.3 is 0 Å². The molecule has 0 aliphatic carbocycles. The maximum atomic E-state index is 11.9. The van der Waals surface area contributed by atoms with E-state index in [1.807, 2.05) is 37.3 Å². The molecule has 10 nitrogen and oxygen atoms in total. The Morgan fingerprint density at radius 3 is 2.50 bits per heavy atom. The van der Waals surface area contributed by atoms with Crippen molar-refractivity contribution in [2.75, 3.05) is 56.2 Å². The SMILES string of the molecule is CCc1nc(Nc2ncc(-c3ccccc3)c(SCC(=O)NC)n2)nc(N2CCN(C)CC2)n1. The number of hydrogen-bond donors (Lipinski definition) is 2. The number of carbonyl (C=O) groups is 1. The van der Waals surface area contributed by atoms with E-state index in [9.17, 15) is 4.79 Å². The number of hydrogen-bond acceptors (Lipinski definition) is 10. The number of anilines is 3. The van der Waals surface area contributed by atoms with Crippen molar-refractivity contribution in [2.24, 2.45) is 0 Å². The summed E-state index contributed by atoms with van der Waals surface area (Å²) in [5.41, 5.74) is 1.85. The van der Waals surface area contributed by atoms with Gasteiger partial charge in [0.15, 0.2) is 0 Å². The Bertz CT molecular complexity index is 1120. The fraction of sp³-hybridized carbons (Fsp3) is 0.391. The molecule has 11 heteroatoms. The second-order valence-electron chi connectivity index (χ2n) is 7.88. The molecule has 2 N–H and O–H groups in total. The molecule has 1 saturated heterocycles. The van der Waals surface area contributed by atoms with Crippen LogP contribution in [0.5, 0.6) is 0 Å². The molecule has 1 aromatic carbocycles. The van der Waals surface area contributed by atoms with Crippen molar-refractivity contribution in [2.45, 2.75) is 18.4 Å². The molecule has 3 aromatic rings. The minimum atomic E-state index is -0.0704. The number of thioether (sulfide) groups is 1. The zero-order valence-corrected chi connectivity index (χ0v) is 20.5. The van der Waals surface area contributed by atoms with Gasteiger partial charge in [-0.2, -0.15) is 15.0 Å². The molecule has 3 heterocycles. The van der Waals surface area contributed by atoms with E-state index in [0.29, 0.717) is 35.1 Å². The van der Waals surface area contributed by atoms with E-state index in [-0.39, 0.29) is 11.7 Å². The Labute approximate surface area is 203 Å². The van der Waals surface area contributed by atoms with E-state index in [4.69, 9.17) is 4.98 Å². The first-order valence-corrected chi connectivity index (χ1v) is 12.3. The highest BCUT2D eigenvalue weighted by Gasteiger charge is 2.19. The van der Waals surface area contributed by atoms with Crippen LogP contribution in [-0.2, 0) is 11.2 Å². The van der Waals surface area contributed by atoms with Crippen LogP contribution < -0.4 is 15.5 Å². The third-order valence-corrected chi connectivity index (χ3v) is 6.44. The molecule has 0 bridgehead atoms. The predicted molar refractivity (Wildman–Crippen MR) is 134 cm³/mol. The number of rotatable bonds is 8. The Morgan fingerprint density at radius 2 is 1.79 bits per heavy atom. The molecule has 1 fully saturated rings. The average molecular weight is 480 g/mol. The van der Waals surface area contributed by atoms with Crippen LogP contribution in [0.15, 0.2) is 41.6 Å². The molecule has 1 amide bonds. The molecule has 2 aromatic heterocycles. The fourth-order valence-corrected chi connectivity index (χ4v) is 4.32. The Hall–Kier alpha value is -3.31. The summed E-state index contributed by atoms with van der Waals surface area (Å²) in [6.07, 6.45) is 2.46. The number of benzene rings is 1. The lowest BCUT2D eigenvalue weighted by Gasteiger charge is -2.32. The molecule has 34 heavy (non-hydrogen) atoms. The topological polar surface area (TPSA) is 112 Å². The molecule has 0 spiro atoms. The summed E-state index contributed by atoms with van der Waals surface area (Å²) in [5.74, 6) is 2.34. The van der Waals surface area contributed by atoms with Crippen LogP contribution in [0.4, 0.5) is 17.8 Å². The lowest BCUT2D eigenvalue weighted by molar-refractivity contribution is -0.118. The molecule has 0 unspecified atom stereocenters. The minimum absolute atomic E-state index is 0.0704. The van der Waals surface area contributed by atoms with Gasteiger partial charge in [-0.1, -0.05) is 49.0 Å². The Kier molecular flexibility index (Phi) is 7.86. The molecule has 1 aliphatic heterocycles. The molecule has 4 rings (SSSR count). The van der Waals surface area contributed by atoms with Gasteiger partial charge < -0.3 is 15.1 Å². The van der Waals surface area contributed by atoms with Crippen LogP contribution in [0.1, 0.15) is 12.7 Å². The van der Waals surface area contributed by atoms with E-state index in [2.05, 4.69) is 47.4 Å². The standard InChI is InChI=1S/C23H29N9OS/c1-4-18-26-22(30-23(27-18)32-12-10-31(3)11-13-32)29-21-25-14-17(16-8-6-5-7-9-16)20(28-21)34-15-19(33)24-2/h5-9,14H,4,10-13,15H2,1-3H3,(H,24,33)(H,25,26,27,28,29,30). The molecular formula is C23H29N9OS. The van der Waals surface area contributed by atoms with Gasteiger partial charge in [-0.3, -0.25) is 10.1 Å². The Morgan fingerprint density at radius 1 is 1.03 bits per heavy atom. The van der Waals surface area contributed by atoms with E-state index in [1.54, 1.807) is 13.2 Å². The van der Waals surface area contributed by atoms with Crippen LogP contribution in [0.2, 0.25) is 0 Å². The number of likely N-dealkylation sites (N-methyl/N-ethyl adjacent to an activating group) is 1. The first-order valence-electron chi connectivity index (χ1n) is 11.3. The van der Waals surface area contributed by atoms with Crippen molar-refractivity contribution in [3.63, 3.8) is 0 Å². The summed E-state index contributed by atoms with van der Waals surface area (Å²) in [7, 11) is 3.74. The van der Waals surface area contributed by atoms with E-state index in [0.717, 1.165) is 37.3 Å². The number of amides is 1. The lowest BCUT2D eigenvalue weighted by atomic mass is 10.1. The number of piperazine rings is 1. The van der Waals surface area contributed by atoms with Crippen molar-refractivity contribution < 1.29 is 4.79 Å². The highest BCUT2D eigenvalue weighted by molar-refractivity contribution is 8.00. The maximum absolute atomic E-state index is 11.9. The largest absolute Gasteiger partial charge is 0.358 e. The van der Waals surface area contributed by atoms with Crippen molar-refractivity contribution in [1.82, 2.24) is 35.1 Å². The smallest absolute Gasteiger partial charge is 0.234 e. The summed E-state index contributed by atoms with van der Waals surface area (Å²) < 4.78 is 0. The first-order chi connectivity index (χ1) is 16.6. The van der Waals surface area contributed by atoms with Crippen LogP contribution in [0, 0.1) is 0 Å². The summed E-state index contributed by atoms with van der Waals surface area (Å²) in [6, 6.07) is 9.88. The van der Waals surface area contributed by atoms with Gasteiger partial charge in [0.2, 0.25) is 23.8 Å². The van der Waals surface area contributed by atoms with Crippen molar-refractivity contribution >= 4 is 35.5 Å². The predicted octanol–water partition coefficient (Wildman–Crippen LogP) is 2.22. The zero-order valence-electron chi connectivity index (χ0n) is 19.7. The molecule has 1 aliphatic rings. The number of aryl methyl sites for hydroxylation is 1. The molecular weight excluding hydrogens is 450 g/mol. The molecule has 0 atom stereocenters. The second-order valence-corrected chi connectivity index (χ2v) is 8.85. The van der Waals surface area contributed by atoms with Gasteiger partial charge in [-0.25, -0.2) is 9.97 Å². The van der Waals surface area contributed by atoms with Crippen molar-refractivity contribution in [3.05, 3.63) is 42.4 Å². The lowest BCUT2D eigenvalue weighted by Crippen LogP contribution is -2.45. The molecule has 0 radical (unpaired) electrons. The monoisotopic (exact) mass is 479 g/mol. The van der Waals surface area contributed by atoms with Crippen LogP contribution in [0.3, 0.4) is 0 Å². The normalized spacial score (nSPS) is 14.1. The Balaban J connectivity index is 1.61. The van der Waals surface area contributed by atoms with Gasteiger partial charge in [-0.15, -0.1) is 0 Å². The van der Waals surface area contributed by atoms with Crippen molar-refractivity contribution in [3.8, 4) is 11.1 Å². The fourth-order valence-electron chi connectivity index (χ4n) is 3.43. The highest BCUT2D eigenvalue weighted by atomic mass is 32.2. The highest BCUT2D eigenvalue weighted by Crippen LogP contribution is 2.30. The zero-order chi connectivity index (χ0) is 23.9. The maximum Gasteiger partial charge on any atom is 0.234 e. The van der Waals surface area contributed by atoms with Crippen LogP contribution >= 0.6 is 11.8 Å². The van der Waals surface area contributed by atoms with Crippen LogP contribution in [-0.4, -0.2) is 81.8 Å². The molecule has 178 valence electrons. The van der Waals surface area contributed by atoms with E-state index < -0.39 is 0 Å². The van der Waals surface area contributed by atoms with Gasteiger partial charge in [0.1, 0.15) is 10.9 Å². The minimum Gasteiger partial charge on any atom is -0.358 e. The van der Waals surface area contributed by atoms with Gasteiger partial charge in [0, 0.05) is 51.4 Å². The number of carbonyl (C=O) groups excluding carboxylic acids is 1. The third-order valence-electron chi connectivity index (χ3n) is 5.45. The summed E-state index contributed by atoms with van der Waals surface area (Å²) in [6.45, 7) is 5.68. The van der Waals surface area contributed by atoms with Crippen LogP contribution in [0.25, 0.3) is 11.1 Å². The van der Waals surface area contributed by atoms with E-state index in [1.165, 1.54) is 11.8 Å². The summed E-state index contributed by atoms with van der Waals surface area (Å²) in [4.78, 5) is 39.3. The van der Waals surface area contributed by atoms with Gasteiger partial charge in [0.25, 0.3) is 0 Å². The van der Waals surface area contributed by atoms with Gasteiger partial charge in [-0.05, 0) is 12.6 Å². The second kappa shape index (κ2) is 11.2. The van der Waals surface area contributed by atoms with Gasteiger partial charge in [0.05, 0.1) is 5.75 Å². The summed E-state index contributed by atoms with van der Waals surface area (Å²) in [5, 5.41) is 6.51. The van der Waals surface area contributed by atoms with E-state index >= 15 is 0 Å². The number of aromatic nitrogens is 5. The number of nitrogens with one attached hydrogen (secondary N) is 2.